The fraction of sp³-hybridized carbons (Fsp3) is 0.458. The summed E-state index contributed by atoms with van der Waals surface area (Å²) in [7, 11) is 0. The molecule has 3 rings (SSSR count). The number of Topliss-reactive ketones (excluding diaryl/α,β-unsaturated/α-hetero) is 3. The zero-order valence-electron chi connectivity index (χ0n) is 17.6. The van der Waals surface area contributed by atoms with Gasteiger partial charge in [-0.25, -0.2) is 4.39 Å². The molecule has 0 aromatic heterocycles. The molecule has 0 N–H and O–H groups in total. The van der Waals surface area contributed by atoms with Crippen molar-refractivity contribution < 1.29 is 18.8 Å². The van der Waals surface area contributed by atoms with Gasteiger partial charge in [0.2, 0.25) is 0 Å². The lowest BCUT2D eigenvalue weighted by atomic mass is 9.80. The van der Waals surface area contributed by atoms with Gasteiger partial charge in [-0.05, 0) is 31.2 Å². The van der Waals surface area contributed by atoms with Crippen LogP contribution in [0.1, 0.15) is 20.3 Å². The molecular formula is C24H29FN2O3. The van der Waals surface area contributed by atoms with Crippen LogP contribution in [0.5, 0.6) is 0 Å². The zero-order chi connectivity index (χ0) is 21.7. The average Bonchev–Trinajstić information content (AvgIpc) is 2.74. The van der Waals surface area contributed by atoms with E-state index >= 15 is 0 Å². The molecule has 1 aromatic rings. The van der Waals surface area contributed by atoms with E-state index in [0.29, 0.717) is 6.54 Å². The molecule has 160 valence electrons. The minimum atomic E-state index is -0.470. The van der Waals surface area contributed by atoms with Gasteiger partial charge in [-0.15, -0.1) is 0 Å². The van der Waals surface area contributed by atoms with Crippen molar-refractivity contribution in [2.75, 3.05) is 37.6 Å². The molecule has 0 spiro atoms. The molecule has 1 aliphatic carbocycles. The second-order valence-corrected chi connectivity index (χ2v) is 8.21. The first-order chi connectivity index (χ1) is 14.3. The number of carbonyl (C=O) groups excluding carboxylic acids is 3. The molecule has 5 nitrogen and oxygen atoms in total. The molecular weight excluding hydrogens is 383 g/mol. The maximum atomic E-state index is 13.1. The molecule has 6 heteroatoms. The molecule has 30 heavy (non-hydrogen) atoms. The summed E-state index contributed by atoms with van der Waals surface area (Å²) in [5, 5.41) is 0. The predicted molar refractivity (Wildman–Crippen MR) is 115 cm³/mol. The Morgan fingerprint density at radius 3 is 2.20 bits per heavy atom. The number of rotatable bonds is 8. The molecule has 3 atom stereocenters. The summed E-state index contributed by atoms with van der Waals surface area (Å²) in [6.07, 6.45) is 7.25. The largest absolute Gasteiger partial charge is 0.369 e. The summed E-state index contributed by atoms with van der Waals surface area (Å²) in [6, 6.07) is 6.45. The number of hydrogen-bond donors (Lipinski definition) is 0. The lowest BCUT2D eigenvalue weighted by Gasteiger charge is -2.36. The molecule has 1 aromatic carbocycles. The highest BCUT2D eigenvalue weighted by Gasteiger charge is 2.31. The van der Waals surface area contributed by atoms with Crippen molar-refractivity contribution in [1.29, 1.82) is 0 Å². The molecule has 2 aliphatic rings. The van der Waals surface area contributed by atoms with Crippen molar-refractivity contribution in [3.05, 3.63) is 54.4 Å². The molecule has 1 aliphatic heterocycles. The van der Waals surface area contributed by atoms with Crippen molar-refractivity contribution in [2.45, 2.75) is 20.3 Å². The number of carbonyl (C=O) groups is 3. The lowest BCUT2D eigenvalue weighted by molar-refractivity contribution is -0.131. The number of anilines is 1. The van der Waals surface area contributed by atoms with Crippen LogP contribution in [-0.4, -0.2) is 55.0 Å². The van der Waals surface area contributed by atoms with Gasteiger partial charge >= 0.3 is 0 Å². The van der Waals surface area contributed by atoms with Crippen LogP contribution in [-0.2, 0) is 14.4 Å². The number of hydrogen-bond acceptors (Lipinski definition) is 5. The van der Waals surface area contributed by atoms with E-state index in [4.69, 9.17) is 0 Å². The lowest BCUT2D eigenvalue weighted by Crippen LogP contribution is -2.48. The highest BCUT2D eigenvalue weighted by atomic mass is 19.1. The summed E-state index contributed by atoms with van der Waals surface area (Å²) in [4.78, 5) is 41.5. The number of piperazine rings is 1. The van der Waals surface area contributed by atoms with Crippen LogP contribution in [0.25, 0.3) is 0 Å². The van der Waals surface area contributed by atoms with Gasteiger partial charge in [-0.3, -0.25) is 19.3 Å². The predicted octanol–water partition coefficient (Wildman–Crippen LogP) is 3.06. The molecule has 1 heterocycles. The quantitative estimate of drug-likeness (QED) is 0.657. The van der Waals surface area contributed by atoms with Gasteiger partial charge in [-0.2, -0.15) is 0 Å². The summed E-state index contributed by atoms with van der Waals surface area (Å²) in [5.41, 5.74) is 0.982. The first-order valence-electron chi connectivity index (χ1n) is 10.5. The van der Waals surface area contributed by atoms with Gasteiger partial charge in [0.1, 0.15) is 23.2 Å². The summed E-state index contributed by atoms with van der Waals surface area (Å²) in [5.74, 6) is -1.57. The van der Waals surface area contributed by atoms with Gasteiger partial charge < -0.3 is 4.90 Å². The van der Waals surface area contributed by atoms with Gasteiger partial charge in [0, 0.05) is 56.0 Å². The van der Waals surface area contributed by atoms with Crippen LogP contribution in [0.3, 0.4) is 0 Å². The molecule has 1 saturated heterocycles. The van der Waals surface area contributed by atoms with E-state index in [0.717, 1.165) is 31.9 Å². The highest BCUT2D eigenvalue weighted by molar-refractivity contribution is 5.94. The van der Waals surface area contributed by atoms with E-state index in [1.165, 1.54) is 19.1 Å². The third-order valence-corrected chi connectivity index (χ3v) is 5.98. The van der Waals surface area contributed by atoms with E-state index in [1.807, 2.05) is 0 Å². The standard InChI is InChI=1S/C24H29FN2O3/c1-17(15-23(29)22-6-4-3-5-21(22)18(2)28)24(30)16-26-11-13-27(14-12-26)20-9-7-19(25)8-10-20/h3-10,17,21-22H,11-16H2,1-2H3. The summed E-state index contributed by atoms with van der Waals surface area (Å²) < 4.78 is 13.1. The maximum Gasteiger partial charge on any atom is 0.150 e. The topological polar surface area (TPSA) is 57.7 Å². The summed E-state index contributed by atoms with van der Waals surface area (Å²) in [6.45, 7) is 6.63. The number of benzene rings is 1. The van der Waals surface area contributed by atoms with Crippen LogP contribution in [0.4, 0.5) is 10.1 Å². The van der Waals surface area contributed by atoms with E-state index in [1.54, 1.807) is 43.4 Å². The Balaban J connectivity index is 1.47. The molecule has 0 bridgehead atoms. The fourth-order valence-corrected chi connectivity index (χ4v) is 4.05. The maximum absolute atomic E-state index is 13.1. The Hall–Kier alpha value is -2.60. The molecule has 1 fully saturated rings. The molecule has 0 radical (unpaired) electrons. The summed E-state index contributed by atoms with van der Waals surface area (Å²) >= 11 is 0. The fourth-order valence-electron chi connectivity index (χ4n) is 4.05. The Kier molecular flexibility index (Phi) is 7.32. The molecule has 0 saturated carbocycles. The van der Waals surface area contributed by atoms with Gasteiger partial charge in [-0.1, -0.05) is 31.2 Å². The van der Waals surface area contributed by atoms with Crippen molar-refractivity contribution in [1.82, 2.24) is 4.90 Å². The Morgan fingerprint density at radius 1 is 1.00 bits per heavy atom. The van der Waals surface area contributed by atoms with Gasteiger partial charge in [0.25, 0.3) is 0 Å². The minimum absolute atomic E-state index is 0.0352. The van der Waals surface area contributed by atoms with Crippen LogP contribution < -0.4 is 4.90 Å². The number of nitrogens with zero attached hydrogens (tertiary/aromatic N) is 2. The molecule has 0 amide bonds. The first-order valence-corrected chi connectivity index (χ1v) is 10.5. The van der Waals surface area contributed by atoms with Crippen molar-refractivity contribution in [3.63, 3.8) is 0 Å². The van der Waals surface area contributed by atoms with Crippen LogP contribution in [0.2, 0.25) is 0 Å². The van der Waals surface area contributed by atoms with Crippen LogP contribution in [0, 0.1) is 23.6 Å². The number of ketones is 3. The molecule has 3 unspecified atom stereocenters. The highest BCUT2D eigenvalue weighted by Crippen LogP contribution is 2.25. The Morgan fingerprint density at radius 2 is 1.60 bits per heavy atom. The Labute approximate surface area is 177 Å². The SMILES string of the molecule is CC(=O)C1C=CC=CC1C(=O)CC(C)C(=O)CN1CCN(c2ccc(F)cc2)CC1. The number of halogens is 1. The van der Waals surface area contributed by atoms with Crippen molar-refractivity contribution in [2.24, 2.45) is 17.8 Å². The van der Waals surface area contributed by atoms with Gasteiger partial charge in [0.15, 0.2) is 0 Å². The second-order valence-electron chi connectivity index (χ2n) is 8.21. The van der Waals surface area contributed by atoms with E-state index < -0.39 is 11.8 Å². The Bertz CT molecular complexity index is 839. The third kappa shape index (κ3) is 5.51. The average molecular weight is 413 g/mol. The van der Waals surface area contributed by atoms with E-state index in [9.17, 15) is 18.8 Å². The smallest absolute Gasteiger partial charge is 0.150 e. The van der Waals surface area contributed by atoms with Crippen LogP contribution >= 0.6 is 0 Å². The van der Waals surface area contributed by atoms with Crippen molar-refractivity contribution >= 4 is 23.0 Å². The minimum Gasteiger partial charge on any atom is -0.369 e. The van der Waals surface area contributed by atoms with E-state index in [-0.39, 0.29) is 35.5 Å². The van der Waals surface area contributed by atoms with E-state index in [2.05, 4.69) is 9.80 Å². The van der Waals surface area contributed by atoms with Gasteiger partial charge in [0.05, 0.1) is 6.54 Å². The monoisotopic (exact) mass is 412 g/mol. The second kappa shape index (κ2) is 9.94. The van der Waals surface area contributed by atoms with Crippen LogP contribution in [0.15, 0.2) is 48.6 Å². The first kappa shape index (κ1) is 22.1. The normalized spacial score (nSPS) is 22.7. The van der Waals surface area contributed by atoms with Crippen molar-refractivity contribution in [3.8, 4) is 0 Å². The zero-order valence-corrected chi connectivity index (χ0v) is 17.6. The third-order valence-electron chi connectivity index (χ3n) is 5.98. The number of allylic oxidation sites excluding steroid dienone is 4.